The van der Waals surface area contributed by atoms with Crippen molar-refractivity contribution in [1.29, 1.82) is 0 Å². The molecule has 2 aromatic carbocycles. The third kappa shape index (κ3) is 3.84. The van der Waals surface area contributed by atoms with E-state index in [0.717, 1.165) is 16.7 Å². The molecule has 1 fully saturated rings. The van der Waals surface area contributed by atoms with E-state index in [9.17, 15) is 14.4 Å². The third-order valence-electron chi connectivity index (χ3n) is 5.95. The lowest BCUT2D eigenvalue weighted by Gasteiger charge is -2.56. The fraction of sp³-hybridized carbons (Fsp3) is 0.240. The first-order valence-corrected chi connectivity index (χ1v) is 10.8. The Bertz CT molecular complexity index is 1130. The maximum atomic E-state index is 13.8. The zero-order chi connectivity index (χ0) is 22.9. The second kappa shape index (κ2) is 8.46. The lowest BCUT2D eigenvalue weighted by Crippen LogP contribution is -2.74. The number of ether oxygens (including phenoxy) is 1. The van der Waals surface area contributed by atoms with E-state index in [-0.39, 0.29) is 37.7 Å². The van der Waals surface area contributed by atoms with Gasteiger partial charge in [-0.25, -0.2) is 29.6 Å². The van der Waals surface area contributed by atoms with E-state index < -0.39 is 12.1 Å². The zero-order valence-corrected chi connectivity index (χ0v) is 18.2. The maximum Gasteiger partial charge on any atom is 0.359 e. The summed E-state index contributed by atoms with van der Waals surface area (Å²) in [5, 5.41) is 5.99. The molecule has 3 heterocycles. The van der Waals surface area contributed by atoms with Crippen molar-refractivity contribution >= 4 is 18.0 Å². The summed E-state index contributed by atoms with van der Waals surface area (Å²) >= 11 is 0. The summed E-state index contributed by atoms with van der Waals surface area (Å²) in [6.07, 6.45) is 5.68. The van der Waals surface area contributed by atoms with Crippen molar-refractivity contribution in [3.8, 4) is 0 Å². The van der Waals surface area contributed by atoms with Crippen LogP contribution in [0.2, 0.25) is 0 Å². The molecule has 2 bridgehead atoms. The molecule has 0 aromatic heterocycles. The Morgan fingerprint density at radius 2 is 1.36 bits per heavy atom. The van der Waals surface area contributed by atoms with Gasteiger partial charge in [-0.1, -0.05) is 78.9 Å². The molecule has 3 aliphatic heterocycles. The fourth-order valence-electron chi connectivity index (χ4n) is 4.40. The van der Waals surface area contributed by atoms with Crippen LogP contribution >= 0.6 is 0 Å². The van der Waals surface area contributed by atoms with E-state index in [1.807, 2.05) is 78.9 Å². The van der Waals surface area contributed by atoms with Gasteiger partial charge in [-0.3, -0.25) is 4.79 Å². The molecule has 4 amide bonds. The number of rotatable bonds is 6. The van der Waals surface area contributed by atoms with E-state index in [4.69, 9.17) is 4.74 Å². The average molecular weight is 444 g/mol. The van der Waals surface area contributed by atoms with Crippen LogP contribution in [0, 0.1) is 0 Å². The van der Waals surface area contributed by atoms with Crippen LogP contribution < -0.4 is 0 Å². The molecule has 33 heavy (non-hydrogen) atoms. The number of benzene rings is 2. The SMILES string of the molecule is CC(=O)OCC1=CC2C=CC1N1C(=O)N(Cc3ccccc3)N(Cc3ccccc3)C(=O)N21. The van der Waals surface area contributed by atoms with Gasteiger partial charge < -0.3 is 4.74 Å². The number of hydrogen-bond donors (Lipinski definition) is 0. The summed E-state index contributed by atoms with van der Waals surface area (Å²) < 4.78 is 5.19. The van der Waals surface area contributed by atoms with Gasteiger partial charge in [0.2, 0.25) is 0 Å². The van der Waals surface area contributed by atoms with E-state index in [1.54, 1.807) is 0 Å². The van der Waals surface area contributed by atoms with Crippen LogP contribution in [-0.4, -0.2) is 56.8 Å². The van der Waals surface area contributed by atoms with Gasteiger partial charge in [0, 0.05) is 6.92 Å². The second-order valence-corrected chi connectivity index (χ2v) is 8.18. The van der Waals surface area contributed by atoms with Crippen LogP contribution in [0.3, 0.4) is 0 Å². The molecular formula is C25H24N4O4. The summed E-state index contributed by atoms with van der Waals surface area (Å²) in [7, 11) is 0. The van der Waals surface area contributed by atoms with Crippen molar-refractivity contribution in [2.45, 2.75) is 32.1 Å². The maximum absolute atomic E-state index is 13.8. The van der Waals surface area contributed by atoms with Gasteiger partial charge >= 0.3 is 18.0 Å². The number of carbonyl (C=O) groups is 3. The minimum atomic E-state index is -0.483. The van der Waals surface area contributed by atoms with E-state index in [1.165, 1.54) is 27.0 Å². The minimum Gasteiger partial charge on any atom is -0.461 e. The molecule has 6 rings (SSSR count). The summed E-state index contributed by atoms with van der Waals surface area (Å²) in [6, 6.07) is 17.7. The Labute approximate surface area is 191 Å². The highest BCUT2D eigenvalue weighted by molar-refractivity contribution is 5.88. The summed E-state index contributed by atoms with van der Waals surface area (Å²) in [6.45, 7) is 1.96. The smallest absolute Gasteiger partial charge is 0.359 e. The van der Waals surface area contributed by atoms with Crippen LogP contribution in [-0.2, 0) is 22.6 Å². The van der Waals surface area contributed by atoms with Gasteiger partial charge in [-0.2, -0.15) is 0 Å². The Morgan fingerprint density at radius 1 is 0.818 bits per heavy atom. The van der Waals surface area contributed by atoms with Crippen molar-refractivity contribution in [2.24, 2.45) is 0 Å². The zero-order valence-electron chi connectivity index (χ0n) is 18.2. The predicted molar refractivity (Wildman–Crippen MR) is 120 cm³/mol. The molecule has 0 radical (unpaired) electrons. The highest BCUT2D eigenvalue weighted by Crippen LogP contribution is 2.36. The number of urea groups is 2. The summed E-state index contributed by atoms with van der Waals surface area (Å²) in [5.74, 6) is -0.390. The first-order valence-electron chi connectivity index (χ1n) is 10.8. The lowest BCUT2D eigenvalue weighted by atomic mass is 9.94. The number of hydrazine groups is 2. The Morgan fingerprint density at radius 3 is 1.91 bits per heavy atom. The average Bonchev–Trinajstić information content (AvgIpc) is 2.84. The van der Waals surface area contributed by atoms with Crippen LogP contribution in [0.15, 0.2) is 84.5 Å². The number of nitrogens with zero attached hydrogens (tertiary/aromatic N) is 4. The van der Waals surface area contributed by atoms with Crippen LogP contribution in [0.1, 0.15) is 18.1 Å². The molecule has 168 valence electrons. The molecule has 2 unspecified atom stereocenters. The Kier molecular flexibility index (Phi) is 5.34. The molecule has 8 heteroatoms. The molecule has 2 aromatic rings. The molecule has 0 spiro atoms. The Balaban J connectivity index is 1.50. The largest absolute Gasteiger partial charge is 0.461 e. The van der Waals surface area contributed by atoms with Gasteiger partial charge in [0.1, 0.15) is 6.61 Å². The fourth-order valence-corrected chi connectivity index (χ4v) is 4.40. The van der Waals surface area contributed by atoms with Gasteiger partial charge in [0.15, 0.2) is 0 Å². The molecule has 2 atom stereocenters. The lowest BCUT2D eigenvalue weighted by molar-refractivity contribution is -0.140. The monoisotopic (exact) mass is 444 g/mol. The van der Waals surface area contributed by atoms with E-state index in [2.05, 4.69) is 0 Å². The van der Waals surface area contributed by atoms with E-state index >= 15 is 0 Å². The molecular weight excluding hydrogens is 420 g/mol. The summed E-state index contributed by atoms with van der Waals surface area (Å²) in [4.78, 5) is 38.9. The molecule has 1 aliphatic carbocycles. The van der Waals surface area contributed by atoms with Crippen LogP contribution in [0.4, 0.5) is 9.59 Å². The topological polar surface area (TPSA) is 73.4 Å². The highest BCUT2D eigenvalue weighted by Gasteiger charge is 2.51. The number of esters is 1. The van der Waals surface area contributed by atoms with Gasteiger partial charge in [-0.15, -0.1) is 0 Å². The number of hydrogen-bond acceptors (Lipinski definition) is 4. The van der Waals surface area contributed by atoms with E-state index in [0.29, 0.717) is 0 Å². The summed E-state index contributed by atoms with van der Waals surface area (Å²) in [5.41, 5.74) is 2.62. The van der Waals surface area contributed by atoms with Gasteiger partial charge in [-0.05, 0) is 16.7 Å². The van der Waals surface area contributed by atoms with Crippen molar-refractivity contribution in [3.05, 3.63) is 95.6 Å². The van der Waals surface area contributed by atoms with Crippen LogP contribution in [0.5, 0.6) is 0 Å². The Hall–Kier alpha value is -4.07. The number of amides is 4. The predicted octanol–water partition coefficient (Wildman–Crippen LogP) is 3.49. The molecule has 4 aliphatic rings. The van der Waals surface area contributed by atoms with Crippen LogP contribution in [0.25, 0.3) is 0 Å². The van der Waals surface area contributed by atoms with Crippen molar-refractivity contribution < 1.29 is 19.1 Å². The van der Waals surface area contributed by atoms with Crippen molar-refractivity contribution in [2.75, 3.05) is 6.61 Å². The van der Waals surface area contributed by atoms with Gasteiger partial charge in [0.05, 0.1) is 25.2 Å². The highest BCUT2D eigenvalue weighted by atomic mass is 16.5. The first kappa shape index (κ1) is 20.8. The minimum absolute atomic E-state index is 0.0824. The number of carbonyl (C=O) groups excluding carboxylic acids is 3. The molecule has 1 saturated heterocycles. The normalized spacial score (nSPS) is 21.3. The van der Waals surface area contributed by atoms with Crippen molar-refractivity contribution in [3.63, 3.8) is 0 Å². The molecule has 0 saturated carbocycles. The van der Waals surface area contributed by atoms with Crippen molar-refractivity contribution in [1.82, 2.24) is 20.0 Å². The first-order chi connectivity index (χ1) is 16.0. The second-order valence-electron chi connectivity index (χ2n) is 8.18. The molecule has 0 N–H and O–H groups in total. The van der Waals surface area contributed by atoms with Gasteiger partial charge in [0.25, 0.3) is 0 Å². The standard InChI is InChI=1S/C25H24N4O4/c1-18(30)33-17-21-14-22-12-13-23(21)29-25(32)27(16-20-10-6-3-7-11-20)26(24(31)28(22)29)15-19-8-4-2-5-9-19/h2-14,22-23H,15-17H2,1H3. The third-order valence-corrected chi connectivity index (χ3v) is 5.95. The quantitative estimate of drug-likeness (QED) is 0.505. The molecule has 8 nitrogen and oxygen atoms in total.